The first-order chi connectivity index (χ1) is 12.1. The number of hydrogen-bond acceptors (Lipinski definition) is 5. The molecule has 0 aliphatic heterocycles. The van der Waals surface area contributed by atoms with Gasteiger partial charge in [-0.1, -0.05) is 0 Å². The van der Waals surface area contributed by atoms with Crippen molar-refractivity contribution in [1.29, 1.82) is 0 Å². The molecule has 0 spiro atoms. The maximum absolute atomic E-state index is 12.7. The summed E-state index contributed by atoms with van der Waals surface area (Å²) in [5.74, 6) is 1.16. The standard InChI is InChI=1S/C18H15BrN2O4/c1-24-16-4-3-5-20-14(16)9-21-15-8-17(25-2)13(19)7-11(15)6-12(10-22)18(21)23/h3-8,10H,9H2,1-2H3. The first-order valence-electron chi connectivity index (χ1n) is 7.43. The third-order valence-electron chi connectivity index (χ3n) is 3.90. The molecule has 128 valence electrons. The van der Waals surface area contributed by atoms with Crippen molar-refractivity contribution < 1.29 is 14.3 Å². The second-order valence-electron chi connectivity index (χ2n) is 5.31. The van der Waals surface area contributed by atoms with Gasteiger partial charge in [0, 0.05) is 17.6 Å². The average molecular weight is 403 g/mol. The Morgan fingerprint density at radius 1 is 1.20 bits per heavy atom. The van der Waals surface area contributed by atoms with Gasteiger partial charge in [-0.25, -0.2) is 0 Å². The lowest BCUT2D eigenvalue weighted by Gasteiger charge is -2.14. The Morgan fingerprint density at radius 2 is 1.96 bits per heavy atom. The highest BCUT2D eigenvalue weighted by Gasteiger charge is 2.14. The van der Waals surface area contributed by atoms with Crippen LogP contribution in [0.3, 0.4) is 0 Å². The molecule has 0 saturated carbocycles. The lowest BCUT2D eigenvalue weighted by atomic mass is 10.1. The van der Waals surface area contributed by atoms with Crippen molar-refractivity contribution in [3.8, 4) is 11.5 Å². The van der Waals surface area contributed by atoms with Crippen LogP contribution in [-0.2, 0) is 6.54 Å². The quantitative estimate of drug-likeness (QED) is 0.613. The van der Waals surface area contributed by atoms with E-state index >= 15 is 0 Å². The Bertz CT molecular complexity index is 1010. The molecule has 2 aromatic heterocycles. The minimum atomic E-state index is -0.389. The van der Waals surface area contributed by atoms with E-state index in [4.69, 9.17) is 9.47 Å². The van der Waals surface area contributed by atoms with Crippen molar-refractivity contribution in [1.82, 2.24) is 9.55 Å². The Kier molecular flexibility index (Phi) is 4.85. The smallest absolute Gasteiger partial charge is 0.261 e. The van der Waals surface area contributed by atoms with Crippen molar-refractivity contribution in [3.05, 3.63) is 62.6 Å². The number of aromatic nitrogens is 2. The first kappa shape index (κ1) is 17.2. The van der Waals surface area contributed by atoms with Crippen LogP contribution >= 0.6 is 15.9 Å². The zero-order chi connectivity index (χ0) is 18.0. The summed E-state index contributed by atoms with van der Waals surface area (Å²) in [4.78, 5) is 28.3. The fourth-order valence-corrected chi connectivity index (χ4v) is 3.20. The largest absolute Gasteiger partial charge is 0.495 e. The van der Waals surface area contributed by atoms with Crippen molar-refractivity contribution in [3.63, 3.8) is 0 Å². The van der Waals surface area contributed by atoms with Gasteiger partial charge in [-0.15, -0.1) is 0 Å². The molecular weight excluding hydrogens is 388 g/mol. The van der Waals surface area contributed by atoms with E-state index in [1.165, 1.54) is 4.57 Å². The van der Waals surface area contributed by atoms with E-state index < -0.39 is 0 Å². The number of ether oxygens (including phenoxy) is 2. The zero-order valence-corrected chi connectivity index (χ0v) is 15.2. The molecule has 0 atom stereocenters. The molecule has 0 aliphatic carbocycles. The van der Waals surface area contributed by atoms with Gasteiger partial charge in [0.15, 0.2) is 6.29 Å². The van der Waals surface area contributed by atoms with E-state index in [9.17, 15) is 9.59 Å². The number of aldehydes is 1. The number of methoxy groups -OCH3 is 2. The molecule has 2 heterocycles. The molecule has 7 heteroatoms. The first-order valence-corrected chi connectivity index (χ1v) is 8.22. The summed E-state index contributed by atoms with van der Waals surface area (Å²) in [6.07, 6.45) is 2.19. The fourth-order valence-electron chi connectivity index (χ4n) is 2.68. The van der Waals surface area contributed by atoms with E-state index in [2.05, 4.69) is 20.9 Å². The van der Waals surface area contributed by atoms with Crippen LogP contribution < -0.4 is 15.0 Å². The molecule has 0 fully saturated rings. The molecule has 0 N–H and O–H groups in total. The summed E-state index contributed by atoms with van der Waals surface area (Å²) in [6.45, 7) is 0.172. The van der Waals surface area contributed by atoms with Crippen molar-refractivity contribution in [2.45, 2.75) is 6.54 Å². The van der Waals surface area contributed by atoms with Crippen LogP contribution in [-0.4, -0.2) is 30.1 Å². The number of hydrogen-bond donors (Lipinski definition) is 0. The number of fused-ring (bicyclic) bond motifs is 1. The van der Waals surface area contributed by atoms with E-state index in [1.54, 1.807) is 44.7 Å². The lowest BCUT2D eigenvalue weighted by Crippen LogP contribution is -2.25. The predicted molar refractivity (Wildman–Crippen MR) is 97.7 cm³/mol. The SMILES string of the molecule is COc1cc2c(cc1Br)cc(C=O)c(=O)n2Cc1ncccc1OC. The molecule has 3 aromatic rings. The van der Waals surface area contributed by atoms with Crippen LogP contribution in [0.5, 0.6) is 11.5 Å². The molecular formula is C18H15BrN2O4. The summed E-state index contributed by atoms with van der Waals surface area (Å²) in [5.41, 5.74) is 0.931. The van der Waals surface area contributed by atoms with E-state index in [1.807, 2.05) is 6.07 Å². The number of benzene rings is 1. The highest BCUT2D eigenvalue weighted by Crippen LogP contribution is 2.30. The zero-order valence-electron chi connectivity index (χ0n) is 13.7. The summed E-state index contributed by atoms with van der Waals surface area (Å²) in [7, 11) is 3.10. The third kappa shape index (κ3) is 3.15. The van der Waals surface area contributed by atoms with Gasteiger partial charge in [0.25, 0.3) is 5.56 Å². The van der Waals surface area contributed by atoms with E-state index in [-0.39, 0.29) is 17.7 Å². The van der Waals surface area contributed by atoms with Crippen molar-refractivity contribution in [2.24, 2.45) is 0 Å². The van der Waals surface area contributed by atoms with Gasteiger partial charge < -0.3 is 14.0 Å². The van der Waals surface area contributed by atoms with Crippen LogP contribution in [0.25, 0.3) is 10.9 Å². The highest BCUT2D eigenvalue weighted by atomic mass is 79.9. The maximum Gasteiger partial charge on any atom is 0.261 e. The van der Waals surface area contributed by atoms with Gasteiger partial charge in [-0.3, -0.25) is 14.6 Å². The Hall–Kier alpha value is -2.67. The molecule has 3 rings (SSSR count). The molecule has 0 amide bonds. The number of halogens is 1. The second-order valence-corrected chi connectivity index (χ2v) is 6.16. The van der Waals surface area contributed by atoms with Crippen LogP contribution in [0.1, 0.15) is 16.1 Å². The Balaban J connectivity index is 2.29. The number of rotatable bonds is 5. The predicted octanol–water partition coefficient (Wildman–Crippen LogP) is 3.04. The van der Waals surface area contributed by atoms with E-state index in [0.29, 0.717) is 29.0 Å². The molecule has 0 bridgehead atoms. The van der Waals surface area contributed by atoms with Crippen molar-refractivity contribution >= 4 is 33.1 Å². The number of nitrogens with zero attached hydrogens (tertiary/aromatic N) is 2. The normalized spacial score (nSPS) is 10.7. The van der Waals surface area contributed by atoms with Gasteiger partial charge in [-0.2, -0.15) is 0 Å². The summed E-state index contributed by atoms with van der Waals surface area (Å²) >= 11 is 3.42. The monoisotopic (exact) mass is 402 g/mol. The van der Waals surface area contributed by atoms with Crippen LogP contribution in [0, 0.1) is 0 Å². The maximum atomic E-state index is 12.7. The molecule has 0 radical (unpaired) electrons. The molecule has 25 heavy (non-hydrogen) atoms. The fraction of sp³-hybridized carbons (Fsp3) is 0.167. The lowest BCUT2D eigenvalue weighted by molar-refractivity contribution is 0.112. The topological polar surface area (TPSA) is 70.4 Å². The molecule has 0 unspecified atom stereocenters. The van der Waals surface area contributed by atoms with Crippen LogP contribution in [0.2, 0.25) is 0 Å². The summed E-state index contributed by atoms with van der Waals surface area (Å²) in [6, 6.07) is 8.67. The van der Waals surface area contributed by atoms with Gasteiger partial charge >= 0.3 is 0 Å². The van der Waals surface area contributed by atoms with Gasteiger partial charge in [0.05, 0.1) is 36.3 Å². The Morgan fingerprint density at radius 3 is 2.64 bits per heavy atom. The minimum absolute atomic E-state index is 0.0828. The molecule has 6 nitrogen and oxygen atoms in total. The summed E-state index contributed by atoms with van der Waals surface area (Å²) < 4.78 is 12.9. The van der Waals surface area contributed by atoms with Crippen LogP contribution in [0.15, 0.2) is 45.8 Å². The van der Waals surface area contributed by atoms with E-state index in [0.717, 1.165) is 9.86 Å². The minimum Gasteiger partial charge on any atom is -0.495 e. The van der Waals surface area contributed by atoms with Gasteiger partial charge in [-0.05, 0) is 40.2 Å². The number of carbonyl (C=O) groups is 1. The second kappa shape index (κ2) is 7.06. The molecule has 0 aliphatic rings. The third-order valence-corrected chi connectivity index (χ3v) is 4.52. The van der Waals surface area contributed by atoms with Gasteiger partial charge in [0.2, 0.25) is 0 Å². The van der Waals surface area contributed by atoms with Gasteiger partial charge in [0.1, 0.15) is 17.2 Å². The average Bonchev–Trinajstić information content (AvgIpc) is 2.63. The van der Waals surface area contributed by atoms with Crippen molar-refractivity contribution in [2.75, 3.05) is 14.2 Å². The summed E-state index contributed by atoms with van der Waals surface area (Å²) in [5, 5.41) is 0.740. The number of pyridine rings is 2. The molecule has 1 aromatic carbocycles. The molecule has 0 saturated heterocycles. The highest BCUT2D eigenvalue weighted by molar-refractivity contribution is 9.10. The Labute approximate surface area is 152 Å². The van der Waals surface area contributed by atoms with Crippen LogP contribution in [0.4, 0.5) is 0 Å². The number of carbonyl (C=O) groups excluding carboxylic acids is 1.